The van der Waals surface area contributed by atoms with Crippen molar-refractivity contribution >= 4 is 11.7 Å². The molecule has 1 saturated carbocycles. The van der Waals surface area contributed by atoms with E-state index in [-0.39, 0.29) is 23.5 Å². The smallest absolute Gasteiger partial charge is 0.223 e. The van der Waals surface area contributed by atoms with Crippen LogP contribution in [0, 0.1) is 11.8 Å². The number of nitrogens with zero attached hydrogens (tertiary/aromatic N) is 1. The van der Waals surface area contributed by atoms with Crippen molar-refractivity contribution in [1.82, 2.24) is 10.2 Å². The topological polar surface area (TPSA) is 49.4 Å². The average Bonchev–Trinajstić information content (AvgIpc) is 2.48. The highest BCUT2D eigenvalue weighted by molar-refractivity contribution is 5.87. The Morgan fingerprint density at radius 1 is 1.00 bits per heavy atom. The zero-order chi connectivity index (χ0) is 14.4. The Kier molecular flexibility index (Phi) is 6.02. The van der Waals surface area contributed by atoms with Crippen LogP contribution in [0.3, 0.4) is 0 Å². The van der Waals surface area contributed by atoms with Gasteiger partial charge < -0.3 is 10.2 Å². The van der Waals surface area contributed by atoms with Gasteiger partial charge in [0.05, 0.1) is 0 Å². The first-order valence-corrected chi connectivity index (χ1v) is 8.19. The number of ketones is 1. The van der Waals surface area contributed by atoms with Gasteiger partial charge in [-0.3, -0.25) is 9.59 Å². The van der Waals surface area contributed by atoms with Gasteiger partial charge in [0.2, 0.25) is 5.91 Å². The third-order valence-corrected chi connectivity index (χ3v) is 4.80. The second-order valence-electron chi connectivity index (χ2n) is 6.30. The minimum Gasteiger partial charge on any atom is -0.355 e. The Morgan fingerprint density at radius 3 is 2.30 bits per heavy atom. The Labute approximate surface area is 122 Å². The van der Waals surface area contributed by atoms with E-state index in [1.807, 2.05) is 0 Å². The lowest BCUT2D eigenvalue weighted by molar-refractivity contribution is -0.134. The summed E-state index contributed by atoms with van der Waals surface area (Å²) in [5.41, 5.74) is 0. The number of nitrogens with one attached hydrogen (secondary N) is 1. The normalized spacial score (nSPS) is 28.1. The Balaban J connectivity index is 1.73. The van der Waals surface area contributed by atoms with Gasteiger partial charge in [0.1, 0.15) is 5.78 Å². The second-order valence-corrected chi connectivity index (χ2v) is 6.30. The predicted molar refractivity (Wildman–Crippen MR) is 79.4 cm³/mol. The highest BCUT2D eigenvalue weighted by atomic mass is 16.2. The fourth-order valence-electron chi connectivity index (χ4n) is 3.58. The lowest BCUT2D eigenvalue weighted by atomic mass is 9.77. The first kappa shape index (κ1) is 15.5. The van der Waals surface area contributed by atoms with Crippen LogP contribution in [0.25, 0.3) is 0 Å². The highest BCUT2D eigenvalue weighted by Crippen LogP contribution is 2.30. The molecule has 1 aliphatic carbocycles. The number of rotatable bonds is 5. The van der Waals surface area contributed by atoms with Gasteiger partial charge >= 0.3 is 0 Å². The van der Waals surface area contributed by atoms with E-state index < -0.39 is 0 Å². The van der Waals surface area contributed by atoms with Crippen LogP contribution in [-0.2, 0) is 9.59 Å². The quantitative estimate of drug-likeness (QED) is 0.838. The lowest BCUT2D eigenvalue weighted by Crippen LogP contribution is -2.43. The van der Waals surface area contributed by atoms with E-state index in [1.54, 1.807) is 6.92 Å². The maximum Gasteiger partial charge on any atom is 0.223 e. The molecule has 0 aromatic heterocycles. The summed E-state index contributed by atoms with van der Waals surface area (Å²) in [5.74, 6) is 0.157. The summed E-state index contributed by atoms with van der Waals surface area (Å²) in [5, 5.41) is 3.05. The molecule has 0 aromatic rings. The minimum absolute atomic E-state index is 0.0428. The average molecular weight is 280 g/mol. The third kappa shape index (κ3) is 4.30. The highest BCUT2D eigenvalue weighted by Gasteiger charge is 2.33. The fourth-order valence-corrected chi connectivity index (χ4v) is 3.58. The summed E-state index contributed by atoms with van der Waals surface area (Å²) >= 11 is 0. The molecular weight excluding hydrogens is 252 g/mol. The molecule has 1 aliphatic heterocycles. The fraction of sp³-hybridized carbons (Fsp3) is 0.875. The number of carbonyl (C=O) groups excluding carboxylic acids is 2. The molecule has 1 saturated heterocycles. The number of hydrogen-bond acceptors (Lipinski definition) is 3. The number of hydrogen-bond donors (Lipinski definition) is 1. The van der Waals surface area contributed by atoms with Crippen LogP contribution in [-0.4, -0.2) is 42.8 Å². The molecule has 0 aromatic carbocycles. The minimum atomic E-state index is -0.0809. The van der Waals surface area contributed by atoms with Crippen molar-refractivity contribution in [1.29, 1.82) is 0 Å². The van der Waals surface area contributed by atoms with Gasteiger partial charge in [-0.25, -0.2) is 0 Å². The SMILES string of the molecule is CC(=O)[C@@H]1CCCC[C@@H]1C(=O)NCCN1CCCCC1. The zero-order valence-electron chi connectivity index (χ0n) is 12.7. The molecule has 0 radical (unpaired) electrons. The summed E-state index contributed by atoms with van der Waals surface area (Å²) in [6.45, 7) is 5.62. The van der Waals surface area contributed by atoms with Crippen molar-refractivity contribution in [3.8, 4) is 0 Å². The summed E-state index contributed by atoms with van der Waals surface area (Å²) < 4.78 is 0. The summed E-state index contributed by atoms with van der Waals surface area (Å²) in [6, 6.07) is 0. The van der Waals surface area contributed by atoms with E-state index in [9.17, 15) is 9.59 Å². The van der Waals surface area contributed by atoms with E-state index >= 15 is 0 Å². The van der Waals surface area contributed by atoms with Crippen molar-refractivity contribution in [2.24, 2.45) is 11.8 Å². The van der Waals surface area contributed by atoms with Crippen molar-refractivity contribution in [3.05, 3.63) is 0 Å². The third-order valence-electron chi connectivity index (χ3n) is 4.80. The van der Waals surface area contributed by atoms with Gasteiger partial charge in [0.25, 0.3) is 0 Å². The molecule has 0 unspecified atom stereocenters. The molecule has 1 N–H and O–H groups in total. The van der Waals surface area contributed by atoms with Gasteiger partial charge in [-0.1, -0.05) is 19.3 Å². The van der Waals surface area contributed by atoms with Crippen molar-refractivity contribution < 1.29 is 9.59 Å². The Hall–Kier alpha value is -0.900. The molecule has 2 fully saturated rings. The standard InChI is InChI=1S/C16H28N2O2/c1-13(19)14-7-3-4-8-15(14)16(20)17-9-12-18-10-5-2-6-11-18/h14-15H,2-12H2,1H3,(H,17,20)/t14-,15-/m0/s1. The molecule has 2 atom stereocenters. The molecule has 4 nitrogen and oxygen atoms in total. The van der Waals surface area contributed by atoms with Crippen LogP contribution in [0.5, 0.6) is 0 Å². The monoisotopic (exact) mass is 280 g/mol. The summed E-state index contributed by atoms with van der Waals surface area (Å²) in [4.78, 5) is 26.3. The molecular formula is C16H28N2O2. The van der Waals surface area contributed by atoms with E-state index in [0.29, 0.717) is 0 Å². The zero-order valence-corrected chi connectivity index (χ0v) is 12.7. The van der Waals surface area contributed by atoms with Crippen molar-refractivity contribution in [3.63, 3.8) is 0 Å². The van der Waals surface area contributed by atoms with E-state index in [2.05, 4.69) is 10.2 Å². The van der Waals surface area contributed by atoms with Crippen LogP contribution in [0.1, 0.15) is 51.9 Å². The van der Waals surface area contributed by atoms with Gasteiger partial charge in [-0.05, 0) is 45.7 Å². The first-order valence-electron chi connectivity index (χ1n) is 8.19. The van der Waals surface area contributed by atoms with Gasteiger partial charge in [0, 0.05) is 24.9 Å². The van der Waals surface area contributed by atoms with E-state index in [0.717, 1.165) is 51.9 Å². The number of likely N-dealkylation sites (tertiary alicyclic amines) is 1. The van der Waals surface area contributed by atoms with Gasteiger partial charge in [-0.2, -0.15) is 0 Å². The summed E-state index contributed by atoms with van der Waals surface area (Å²) in [7, 11) is 0. The predicted octanol–water partition coefficient (Wildman–Crippen LogP) is 1.98. The van der Waals surface area contributed by atoms with E-state index in [1.165, 1.54) is 19.3 Å². The number of piperidine rings is 1. The van der Waals surface area contributed by atoms with Crippen LogP contribution in [0.15, 0.2) is 0 Å². The number of carbonyl (C=O) groups is 2. The molecule has 2 aliphatic rings. The lowest BCUT2D eigenvalue weighted by Gasteiger charge is -2.30. The molecule has 0 bridgehead atoms. The van der Waals surface area contributed by atoms with E-state index in [4.69, 9.17) is 0 Å². The van der Waals surface area contributed by atoms with Crippen molar-refractivity contribution in [2.45, 2.75) is 51.9 Å². The largest absolute Gasteiger partial charge is 0.355 e. The number of Topliss-reactive ketones (excluding diaryl/α,β-unsaturated/α-hetero) is 1. The molecule has 1 heterocycles. The van der Waals surface area contributed by atoms with Gasteiger partial charge in [0.15, 0.2) is 0 Å². The Morgan fingerprint density at radius 2 is 1.65 bits per heavy atom. The molecule has 1 amide bonds. The molecule has 20 heavy (non-hydrogen) atoms. The molecule has 0 spiro atoms. The maximum atomic E-state index is 12.3. The summed E-state index contributed by atoms with van der Waals surface area (Å²) in [6.07, 6.45) is 7.83. The van der Waals surface area contributed by atoms with Crippen LogP contribution >= 0.6 is 0 Å². The van der Waals surface area contributed by atoms with Crippen LogP contribution in [0.2, 0.25) is 0 Å². The molecule has 4 heteroatoms. The van der Waals surface area contributed by atoms with Gasteiger partial charge in [-0.15, -0.1) is 0 Å². The van der Waals surface area contributed by atoms with Crippen LogP contribution in [0.4, 0.5) is 0 Å². The van der Waals surface area contributed by atoms with Crippen molar-refractivity contribution in [2.75, 3.05) is 26.2 Å². The second kappa shape index (κ2) is 7.77. The number of amides is 1. The maximum absolute atomic E-state index is 12.3. The molecule has 114 valence electrons. The van der Waals surface area contributed by atoms with Crippen LogP contribution < -0.4 is 5.32 Å². The Bertz CT molecular complexity index is 337. The molecule has 2 rings (SSSR count). The first-order chi connectivity index (χ1) is 9.68.